The summed E-state index contributed by atoms with van der Waals surface area (Å²) in [5, 5.41) is 18.2. The van der Waals surface area contributed by atoms with E-state index in [4.69, 9.17) is 20.0 Å². The highest BCUT2D eigenvalue weighted by atomic mass is 16.5. The molecule has 0 unspecified atom stereocenters. The van der Waals surface area contributed by atoms with Gasteiger partial charge in [0.2, 0.25) is 0 Å². The number of nitriles is 2. The second-order valence-electron chi connectivity index (χ2n) is 6.75. The molecule has 0 bridgehead atoms. The van der Waals surface area contributed by atoms with Crippen molar-refractivity contribution >= 4 is 24.1 Å². The number of rotatable bonds is 12. The van der Waals surface area contributed by atoms with Gasteiger partial charge >= 0.3 is 11.9 Å². The average Bonchev–Trinajstić information content (AvgIpc) is 2.80. The highest BCUT2D eigenvalue weighted by Crippen LogP contribution is 2.10. The summed E-state index contributed by atoms with van der Waals surface area (Å²) in [6.45, 7) is 4.59. The van der Waals surface area contributed by atoms with Gasteiger partial charge in [-0.15, -0.1) is 0 Å². The Morgan fingerprint density at radius 1 is 0.781 bits per heavy atom. The Morgan fingerprint density at radius 3 is 1.47 bits per heavy atom. The highest BCUT2D eigenvalue weighted by Gasteiger charge is 2.09. The minimum Gasteiger partial charge on any atom is -0.462 e. The third kappa shape index (κ3) is 10.2. The van der Waals surface area contributed by atoms with Crippen LogP contribution in [0.5, 0.6) is 0 Å². The molecule has 1 rings (SSSR count). The van der Waals surface area contributed by atoms with E-state index in [0.717, 1.165) is 36.8 Å². The topological polar surface area (TPSA) is 100 Å². The molecule has 0 atom stereocenters. The number of ether oxygens (including phenoxy) is 2. The number of benzene rings is 1. The van der Waals surface area contributed by atoms with Gasteiger partial charge < -0.3 is 9.47 Å². The summed E-state index contributed by atoms with van der Waals surface area (Å²) < 4.78 is 10.1. The number of hydrogen-bond acceptors (Lipinski definition) is 6. The maximum Gasteiger partial charge on any atom is 0.348 e. The second kappa shape index (κ2) is 15.9. The zero-order valence-electron chi connectivity index (χ0n) is 18.5. The summed E-state index contributed by atoms with van der Waals surface area (Å²) in [6, 6.07) is 11.2. The van der Waals surface area contributed by atoms with Crippen LogP contribution in [0.25, 0.3) is 12.2 Å². The standard InChI is InChI=1S/C26H28N2O4/c1-3-5-17-31-25(29)23(19-27)11-7-9-21-13-15-22(16-14-21)10-8-12-24(20-28)26(30)32-18-6-4-2/h7-16H,3-6,17-18H2,1-2H3. The molecule has 0 heterocycles. The molecule has 0 aliphatic carbocycles. The fraction of sp³-hybridized carbons (Fsp3) is 0.308. The van der Waals surface area contributed by atoms with Crippen molar-refractivity contribution < 1.29 is 19.1 Å². The van der Waals surface area contributed by atoms with Crippen LogP contribution in [0.2, 0.25) is 0 Å². The third-order valence-electron chi connectivity index (χ3n) is 4.18. The Morgan fingerprint density at radius 2 is 1.16 bits per heavy atom. The Labute approximate surface area is 189 Å². The van der Waals surface area contributed by atoms with E-state index in [9.17, 15) is 9.59 Å². The van der Waals surface area contributed by atoms with E-state index in [0.29, 0.717) is 13.2 Å². The number of esters is 2. The SMILES string of the molecule is CCCCOC(=O)C(C#N)=CC=Cc1ccc(C=CC=C(C#N)C(=O)OCCCC)cc1. The van der Waals surface area contributed by atoms with Crippen LogP contribution >= 0.6 is 0 Å². The van der Waals surface area contributed by atoms with Crippen molar-refractivity contribution in [2.45, 2.75) is 39.5 Å². The summed E-state index contributed by atoms with van der Waals surface area (Å²) in [5.74, 6) is -1.24. The molecule has 0 fully saturated rings. The van der Waals surface area contributed by atoms with Gasteiger partial charge in [-0.3, -0.25) is 0 Å². The van der Waals surface area contributed by atoms with E-state index in [2.05, 4.69) is 0 Å². The van der Waals surface area contributed by atoms with Gasteiger partial charge in [0.1, 0.15) is 23.3 Å². The Kier molecular flexibility index (Phi) is 13.0. The molecule has 0 amide bonds. The second-order valence-corrected chi connectivity index (χ2v) is 6.75. The smallest absolute Gasteiger partial charge is 0.348 e. The van der Waals surface area contributed by atoms with Crippen molar-refractivity contribution in [3.63, 3.8) is 0 Å². The normalized spacial score (nSPS) is 11.9. The Balaban J connectivity index is 2.70. The summed E-state index contributed by atoms with van der Waals surface area (Å²) in [5.41, 5.74) is 1.65. The zero-order chi connectivity index (χ0) is 23.6. The van der Waals surface area contributed by atoms with E-state index in [1.54, 1.807) is 24.3 Å². The minimum atomic E-state index is -0.620. The maximum absolute atomic E-state index is 11.8. The zero-order valence-corrected chi connectivity index (χ0v) is 18.5. The van der Waals surface area contributed by atoms with Crippen LogP contribution in [0, 0.1) is 22.7 Å². The van der Waals surface area contributed by atoms with E-state index in [-0.39, 0.29) is 11.1 Å². The van der Waals surface area contributed by atoms with Crippen LogP contribution in [0.3, 0.4) is 0 Å². The minimum absolute atomic E-state index is 0.0507. The molecule has 0 aliphatic rings. The molecule has 6 heteroatoms. The van der Waals surface area contributed by atoms with Gasteiger partial charge in [-0.05, 0) is 36.1 Å². The van der Waals surface area contributed by atoms with Crippen molar-refractivity contribution in [1.82, 2.24) is 0 Å². The van der Waals surface area contributed by atoms with Crippen LogP contribution in [0.15, 0.2) is 59.7 Å². The number of unbranched alkanes of at least 4 members (excludes halogenated alkanes) is 2. The predicted molar refractivity (Wildman–Crippen MR) is 124 cm³/mol. The van der Waals surface area contributed by atoms with E-state index < -0.39 is 11.9 Å². The number of allylic oxidation sites excluding steroid dienone is 4. The lowest BCUT2D eigenvalue weighted by atomic mass is 10.1. The van der Waals surface area contributed by atoms with Crippen LogP contribution in [-0.4, -0.2) is 25.2 Å². The average molecular weight is 433 g/mol. The summed E-state index contributed by atoms with van der Waals surface area (Å²) in [6.07, 6.45) is 13.0. The van der Waals surface area contributed by atoms with Crippen LogP contribution in [0.4, 0.5) is 0 Å². The Hall–Kier alpha value is -3.90. The number of hydrogen-bond donors (Lipinski definition) is 0. The molecule has 0 aliphatic heterocycles. The van der Waals surface area contributed by atoms with Gasteiger partial charge in [0, 0.05) is 0 Å². The lowest BCUT2D eigenvalue weighted by molar-refractivity contribution is -0.139. The van der Waals surface area contributed by atoms with Crippen molar-refractivity contribution in [3.05, 3.63) is 70.8 Å². The molecule has 0 saturated heterocycles. The molecular formula is C26H28N2O4. The van der Waals surface area contributed by atoms with Gasteiger partial charge in [-0.2, -0.15) is 10.5 Å². The van der Waals surface area contributed by atoms with E-state index >= 15 is 0 Å². The highest BCUT2D eigenvalue weighted by molar-refractivity contribution is 5.93. The fourth-order valence-electron chi connectivity index (χ4n) is 2.30. The molecular weight excluding hydrogens is 404 g/mol. The molecule has 6 nitrogen and oxygen atoms in total. The van der Waals surface area contributed by atoms with Gasteiger partial charge in [0.05, 0.1) is 13.2 Å². The number of nitrogens with zero attached hydrogens (tertiary/aromatic N) is 2. The molecule has 166 valence electrons. The van der Waals surface area contributed by atoms with Gasteiger partial charge in [0.25, 0.3) is 0 Å². The van der Waals surface area contributed by atoms with Crippen molar-refractivity contribution in [2.24, 2.45) is 0 Å². The molecule has 0 N–H and O–H groups in total. The Bertz CT molecular complexity index is 876. The lowest BCUT2D eigenvalue weighted by Gasteiger charge is -2.01. The van der Waals surface area contributed by atoms with E-state index in [1.165, 1.54) is 12.2 Å². The van der Waals surface area contributed by atoms with Crippen LogP contribution < -0.4 is 0 Å². The number of carbonyl (C=O) groups excluding carboxylic acids is 2. The van der Waals surface area contributed by atoms with Gasteiger partial charge in [0.15, 0.2) is 0 Å². The first-order valence-electron chi connectivity index (χ1n) is 10.6. The third-order valence-corrected chi connectivity index (χ3v) is 4.18. The maximum atomic E-state index is 11.8. The first-order valence-corrected chi connectivity index (χ1v) is 10.6. The molecule has 32 heavy (non-hydrogen) atoms. The van der Waals surface area contributed by atoms with Crippen LogP contribution in [-0.2, 0) is 19.1 Å². The molecule has 0 aromatic heterocycles. The quantitative estimate of drug-likeness (QED) is 0.146. The van der Waals surface area contributed by atoms with Crippen molar-refractivity contribution in [3.8, 4) is 12.1 Å². The van der Waals surface area contributed by atoms with Crippen molar-refractivity contribution in [2.75, 3.05) is 13.2 Å². The monoisotopic (exact) mass is 432 g/mol. The van der Waals surface area contributed by atoms with Gasteiger partial charge in [-0.1, -0.05) is 75.3 Å². The molecule has 1 aromatic carbocycles. The van der Waals surface area contributed by atoms with Gasteiger partial charge in [-0.25, -0.2) is 9.59 Å². The fourth-order valence-corrected chi connectivity index (χ4v) is 2.30. The summed E-state index contributed by atoms with van der Waals surface area (Å²) in [7, 11) is 0. The molecule has 0 saturated carbocycles. The van der Waals surface area contributed by atoms with Crippen LogP contribution in [0.1, 0.15) is 50.7 Å². The predicted octanol–water partition coefficient (Wildman–Crippen LogP) is 5.30. The first kappa shape index (κ1) is 26.1. The molecule has 1 aromatic rings. The molecule has 0 spiro atoms. The number of carbonyl (C=O) groups is 2. The lowest BCUT2D eigenvalue weighted by Crippen LogP contribution is -2.07. The van der Waals surface area contributed by atoms with Crippen molar-refractivity contribution in [1.29, 1.82) is 10.5 Å². The molecule has 0 radical (unpaired) electrons. The largest absolute Gasteiger partial charge is 0.462 e. The van der Waals surface area contributed by atoms with E-state index in [1.807, 2.05) is 50.3 Å². The summed E-state index contributed by atoms with van der Waals surface area (Å²) >= 11 is 0. The summed E-state index contributed by atoms with van der Waals surface area (Å²) in [4.78, 5) is 23.6. The first-order chi connectivity index (χ1) is 15.5.